The van der Waals surface area contributed by atoms with Gasteiger partial charge in [-0.3, -0.25) is 28.9 Å². The maximum Gasteiger partial charge on any atom is 0.332 e. The van der Waals surface area contributed by atoms with Gasteiger partial charge < -0.3 is 9.64 Å². The molecule has 0 aromatic rings. The number of amides is 5. The number of halogens is 1. The third-order valence-electron chi connectivity index (χ3n) is 7.43. The highest BCUT2D eigenvalue weighted by atomic mass is 35.5. The molecule has 33 heavy (non-hydrogen) atoms. The maximum absolute atomic E-state index is 13.2. The van der Waals surface area contributed by atoms with Gasteiger partial charge >= 0.3 is 5.97 Å². The number of hydrogen-bond acceptors (Lipinski definition) is 8. The van der Waals surface area contributed by atoms with Gasteiger partial charge in [0.25, 0.3) is 5.91 Å². The van der Waals surface area contributed by atoms with Crippen molar-refractivity contribution in [1.82, 2.24) is 14.7 Å². The van der Waals surface area contributed by atoms with Crippen molar-refractivity contribution in [2.75, 3.05) is 12.6 Å². The molecule has 4 heterocycles. The number of alkyl halides is 1. The quantitative estimate of drug-likeness (QED) is 0.232. The molecule has 4 saturated heterocycles. The molecule has 1 saturated carbocycles. The van der Waals surface area contributed by atoms with E-state index in [1.54, 1.807) is 6.92 Å². The molecular formula is C21H24ClN3O7S. The minimum Gasteiger partial charge on any atom is -0.442 e. The van der Waals surface area contributed by atoms with Crippen LogP contribution < -0.4 is 0 Å². The zero-order valence-electron chi connectivity index (χ0n) is 18.0. The van der Waals surface area contributed by atoms with Crippen molar-refractivity contribution in [3.63, 3.8) is 0 Å². The summed E-state index contributed by atoms with van der Waals surface area (Å²) in [5.74, 6) is -3.42. The van der Waals surface area contributed by atoms with Gasteiger partial charge in [-0.25, -0.2) is 9.69 Å². The topological polar surface area (TPSA) is 121 Å². The van der Waals surface area contributed by atoms with E-state index in [0.717, 1.165) is 22.6 Å². The largest absolute Gasteiger partial charge is 0.442 e. The van der Waals surface area contributed by atoms with Crippen molar-refractivity contribution in [1.29, 1.82) is 0 Å². The number of carbonyl (C=O) groups is 6. The van der Waals surface area contributed by atoms with E-state index in [1.807, 2.05) is 0 Å². The Bertz CT molecular complexity index is 936. The lowest BCUT2D eigenvalue weighted by molar-refractivity contribution is -0.174. The molecule has 0 aromatic heterocycles. The fourth-order valence-corrected chi connectivity index (χ4v) is 7.64. The van der Waals surface area contributed by atoms with Gasteiger partial charge in [0.05, 0.1) is 16.6 Å². The highest BCUT2D eigenvalue weighted by molar-refractivity contribution is 8.01. The molecule has 0 spiro atoms. The molecule has 6 atom stereocenters. The van der Waals surface area contributed by atoms with Crippen molar-refractivity contribution in [2.45, 2.75) is 67.7 Å². The molecule has 5 rings (SSSR count). The highest BCUT2D eigenvalue weighted by Crippen LogP contribution is 2.54. The van der Waals surface area contributed by atoms with Crippen molar-refractivity contribution < 1.29 is 33.5 Å². The molecule has 5 amide bonds. The number of carbonyl (C=O) groups excluding carboxylic acids is 6. The molecule has 6 unspecified atom stereocenters. The molecule has 0 N–H and O–H groups in total. The van der Waals surface area contributed by atoms with Crippen LogP contribution in [0.15, 0.2) is 0 Å². The van der Waals surface area contributed by atoms with Crippen LogP contribution in [0.1, 0.15) is 45.4 Å². The average Bonchev–Trinajstić information content (AvgIpc) is 3.37. The lowest BCUT2D eigenvalue weighted by atomic mass is 9.81. The van der Waals surface area contributed by atoms with E-state index in [4.69, 9.17) is 16.3 Å². The molecule has 12 heteroatoms. The number of β-lactam (4-membered cyclic amide) rings is 1. The second-order valence-electron chi connectivity index (χ2n) is 9.40. The third kappa shape index (κ3) is 3.22. The molecule has 178 valence electrons. The van der Waals surface area contributed by atoms with E-state index in [0.29, 0.717) is 12.8 Å². The summed E-state index contributed by atoms with van der Waals surface area (Å²) in [5.41, 5.74) is 0. The summed E-state index contributed by atoms with van der Waals surface area (Å²) in [5, 5.41) is -0.595. The van der Waals surface area contributed by atoms with Gasteiger partial charge in [-0.15, -0.1) is 23.4 Å². The lowest BCUT2D eigenvalue weighted by Gasteiger charge is -2.46. The van der Waals surface area contributed by atoms with Crippen molar-refractivity contribution in [3.8, 4) is 0 Å². The zero-order valence-corrected chi connectivity index (χ0v) is 19.6. The van der Waals surface area contributed by atoms with Gasteiger partial charge in [-0.2, -0.15) is 0 Å². The number of rotatable bonds is 5. The second kappa shape index (κ2) is 7.97. The molecule has 0 aromatic carbocycles. The first kappa shape index (κ1) is 22.6. The van der Waals surface area contributed by atoms with Gasteiger partial charge in [0.2, 0.25) is 23.6 Å². The first-order valence-corrected chi connectivity index (χ1v) is 12.5. The lowest BCUT2D eigenvalue weighted by Crippen LogP contribution is -2.71. The third-order valence-corrected chi connectivity index (χ3v) is 9.78. The zero-order chi connectivity index (χ0) is 23.7. The van der Waals surface area contributed by atoms with E-state index < -0.39 is 52.6 Å². The van der Waals surface area contributed by atoms with Crippen molar-refractivity contribution >= 4 is 58.9 Å². The summed E-state index contributed by atoms with van der Waals surface area (Å²) in [6.45, 7) is 1.21. The number of likely N-dealkylation sites (tertiary alicyclic amines) is 2. The van der Waals surface area contributed by atoms with Crippen LogP contribution in [0.4, 0.5) is 0 Å². The van der Waals surface area contributed by atoms with Crippen molar-refractivity contribution in [3.05, 3.63) is 0 Å². The Kier molecular flexibility index (Phi) is 5.47. The van der Waals surface area contributed by atoms with Crippen LogP contribution in [-0.4, -0.2) is 85.0 Å². The molecule has 5 aliphatic rings. The fourth-order valence-electron chi connectivity index (χ4n) is 5.64. The molecule has 10 nitrogen and oxygen atoms in total. The molecule has 5 fully saturated rings. The number of fused-ring (bicyclic) bond motifs is 2. The fraction of sp³-hybridized carbons (Fsp3) is 0.714. The van der Waals surface area contributed by atoms with Crippen LogP contribution in [-0.2, 0) is 33.5 Å². The van der Waals surface area contributed by atoms with E-state index in [1.165, 1.54) is 16.7 Å². The molecule has 0 radical (unpaired) electrons. The van der Waals surface area contributed by atoms with Gasteiger partial charge in [-0.1, -0.05) is 12.8 Å². The maximum atomic E-state index is 13.2. The number of nitrogens with zero attached hydrogens (tertiary/aromatic N) is 3. The Morgan fingerprint density at radius 3 is 2.15 bits per heavy atom. The highest BCUT2D eigenvalue weighted by Gasteiger charge is 2.69. The average molecular weight is 498 g/mol. The summed E-state index contributed by atoms with van der Waals surface area (Å²) in [7, 11) is 0. The number of hydrogen-bond donors (Lipinski definition) is 0. The SMILES string of the molecule is CC1(CCl)SC2C(N3C(=O)C4CCCCC4C3=O)C(=O)N2C1C(=O)OCN1C(=O)CCC1=O. The van der Waals surface area contributed by atoms with Gasteiger partial charge in [-0.05, 0) is 19.8 Å². The molecular weight excluding hydrogens is 474 g/mol. The first-order valence-electron chi connectivity index (χ1n) is 11.1. The second-order valence-corrected chi connectivity index (χ2v) is 11.3. The van der Waals surface area contributed by atoms with Gasteiger partial charge in [0.15, 0.2) is 6.73 Å². The van der Waals surface area contributed by atoms with Crippen LogP contribution in [0, 0.1) is 11.8 Å². The van der Waals surface area contributed by atoms with E-state index in [-0.39, 0.29) is 42.4 Å². The summed E-state index contributed by atoms with van der Waals surface area (Å²) in [6.07, 6.45) is 3.22. The normalized spacial score (nSPS) is 38.1. The van der Waals surface area contributed by atoms with Crippen LogP contribution in [0.3, 0.4) is 0 Å². The van der Waals surface area contributed by atoms with Crippen LogP contribution in [0.5, 0.6) is 0 Å². The Balaban J connectivity index is 1.34. The summed E-state index contributed by atoms with van der Waals surface area (Å²) >= 11 is 7.47. The predicted octanol–water partition coefficient (Wildman–Crippen LogP) is 0.461. The van der Waals surface area contributed by atoms with Gasteiger partial charge in [0.1, 0.15) is 17.5 Å². The summed E-state index contributed by atoms with van der Waals surface area (Å²) in [4.78, 5) is 79.2. The van der Waals surface area contributed by atoms with Crippen LogP contribution >= 0.6 is 23.4 Å². The van der Waals surface area contributed by atoms with Crippen LogP contribution in [0.25, 0.3) is 0 Å². The summed E-state index contributed by atoms with van der Waals surface area (Å²) in [6, 6.07) is -2.01. The molecule has 4 aliphatic heterocycles. The number of thioether (sulfide) groups is 1. The molecule has 1 aliphatic carbocycles. The predicted molar refractivity (Wildman–Crippen MR) is 114 cm³/mol. The minimum atomic E-state index is -1.06. The first-order chi connectivity index (χ1) is 15.7. The minimum absolute atomic E-state index is 0.0130. The van der Waals surface area contributed by atoms with Crippen molar-refractivity contribution in [2.24, 2.45) is 11.8 Å². The number of imide groups is 2. The van der Waals surface area contributed by atoms with E-state index in [2.05, 4.69) is 0 Å². The number of ether oxygens (including phenoxy) is 1. The van der Waals surface area contributed by atoms with E-state index >= 15 is 0 Å². The van der Waals surface area contributed by atoms with Crippen LogP contribution in [0.2, 0.25) is 0 Å². The Morgan fingerprint density at radius 1 is 1.03 bits per heavy atom. The Morgan fingerprint density at radius 2 is 1.61 bits per heavy atom. The smallest absolute Gasteiger partial charge is 0.332 e. The molecule has 0 bridgehead atoms. The monoisotopic (exact) mass is 497 g/mol. The summed E-state index contributed by atoms with van der Waals surface area (Å²) < 4.78 is 4.34. The standard InChI is InChI=1S/C21H24ClN3O7S/c1-21(8-22)15(20(31)32-9-23-12(26)6-7-13(23)27)25-18(30)14(19(25)33-21)24-16(28)10-4-2-3-5-11(10)17(24)29/h10-11,14-15,19H,2-9H2,1H3. The van der Waals surface area contributed by atoms with E-state index in [9.17, 15) is 28.8 Å². The Labute approximate surface area is 199 Å². The Hall–Kier alpha value is -2.14. The van der Waals surface area contributed by atoms with Gasteiger partial charge in [0, 0.05) is 18.7 Å². The number of esters is 1.